The summed E-state index contributed by atoms with van der Waals surface area (Å²) in [4.78, 5) is 22.6. The number of fused-ring (bicyclic) bond motifs is 3. The number of imidazole rings is 1. The predicted octanol–water partition coefficient (Wildman–Crippen LogP) is 3.89. The van der Waals surface area contributed by atoms with E-state index in [9.17, 15) is 4.79 Å². The van der Waals surface area contributed by atoms with Gasteiger partial charge >= 0.3 is 5.69 Å². The molecule has 5 rings (SSSR count). The van der Waals surface area contributed by atoms with Crippen molar-refractivity contribution in [3.63, 3.8) is 0 Å². The van der Waals surface area contributed by atoms with Crippen molar-refractivity contribution in [3.8, 4) is 16.9 Å². The van der Waals surface area contributed by atoms with Gasteiger partial charge in [-0.2, -0.15) is 0 Å². The number of benzene rings is 1. The van der Waals surface area contributed by atoms with Gasteiger partial charge in [0.05, 0.1) is 52.3 Å². The molecule has 9 heteroatoms. The summed E-state index contributed by atoms with van der Waals surface area (Å²) in [6, 6.07) is 9.38. The Morgan fingerprint density at radius 2 is 2.03 bits per heavy atom. The molecule has 180 valence electrons. The van der Waals surface area contributed by atoms with Gasteiger partial charge in [-0.1, -0.05) is 11.2 Å². The number of hydrogen-bond donors (Lipinski definition) is 1. The van der Waals surface area contributed by atoms with Gasteiger partial charge in [0.15, 0.2) is 0 Å². The Hall–Kier alpha value is -3.98. The van der Waals surface area contributed by atoms with Gasteiger partial charge in [-0.15, -0.1) is 0 Å². The van der Waals surface area contributed by atoms with Gasteiger partial charge in [-0.3, -0.25) is 19.1 Å². The van der Waals surface area contributed by atoms with Crippen LogP contribution in [0.2, 0.25) is 0 Å². The van der Waals surface area contributed by atoms with Crippen LogP contribution in [0.1, 0.15) is 36.5 Å². The van der Waals surface area contributed by atoms with Crippen LogP contribution in [0.4, 0.5) is 0 Å². The molecule has 2 N–H and O–H groups in total. The highest BCUT2D eigenvalue weighted by atomic mass is 16.5. The maximum absolute atomic E-state index is 13.4. The fourth-order valence-electron chi connectivity index (χ4n) is 4.62. The number of rotatable bonds is 7. The number of nitrogens with zero attached hydrogens (tertiary/aromatic N) is 5. The summed E-state index contributed by atoms with van der Waals surface area (Å²) < 4.78 is 15.0. The van der Waals surface area contributed by atoms with E-state index in [0.717, 1.165) is 44.5 Å². The second kappa shape index (κ2) is 8.99. The molecule has 4 aromatic heterocycles. The number of hydrogen-bond acceptors (Lipinski definition) is 7. The summed E-state index contributed by atoms with van der Waals surface area (Å²) in [7, 11) is 1.76. The molecule has 0 saturated heterocycles. The summed E-state index contributed by atoms with van der Waals surface area (Å²) in [5.74, 6) is 1.37. The lowest BCUT2D eigenvalue weighted by molar-refractivity contribution is 0.315. The van der Waals surface area contributed by atoms with Crippen LogP contribution in [0.5, 0.6) is 5.75 Å². The Morgan fingerprint density at radius 3 is 2.71 bits per heavy atom. The van der Waals surface area contributed by atoms with Gasteiger partial charge < -0.3 is 15.0 Å². The van der Waals surface area contributed by atoms with Crippen LogP contribution in [0.3, 0.4) is 0 Å². The Bertz CT molecular complexity index is 1560. The third-order valence-electron chi connectivity index (χ3n) is 6.43. The number of nitrogens with two attached hydrogens (primary N) is 1. The normalized spacial score (nSPS) is 12.5. The molecule has 0 aliphatic heterocycles. The monoisotopic (exact) mass is 472 g/mol. The van der Waals surface area contributed by atoms with E-state index in [1.165, 1.54) is 0 Å². The molecule has 0 saturated carbocycles. The first-order valence-corrected chi connectivity index (χ1v) is 11.6. The minimum Gasteiger partial charge on any atom is -0.493 e. The summed E-state index contributed by atoms with van der Waals surface area (Å²) in [6.07, 6.45) is 4.20. The van der Waals surface area contributed by atoms with Crippen LogP contribution < -0.4 is 16.2 Å². The van der Waals surface area contributed by atoms with Crippen LogP contribution >= 0.6 is 0 Å². The highest BCUT2D eigenvalue weighted by Gasteiger charge is 2.23. The van der Waals surface area contributed by atoms with Gasteiger partial charge in [0.1, 0.15) is 11.5 Å². The largest absolute Gasteiger partial charge is 0.493 e. The molecule has 0 fully saturated rings. The maximum atomic E-state index is 13.4. The first-order valence-electron chi connectivity index (χ1n) is 11.6. The lowest BCUT2D eigenvalue weighted by Crippen LogP contribution is -2.25. The quantitative estimate of drug-likeness (QED) is 0.357. The molecule has 1 atom stereocenters. The molecule has 1 aromatic carbocycles. The van der Waals surface area contributed by atoms with E-state index in [1.54, 1.807) is 28.6 Å². The van der Waals surface area contributed by atoms with Crippen molar-refractivity contribution < 1.29 is 9.26 Å². The molecule has 5 aromatic rings. The fraction of sp³-hybridized carbons (Fsp3) is 0.308. The lowest BCUT2D eigenvalue weighted by Gasteiger charge is -2.16. The average Bonchev–Trinajstić information content (AvgIpc) is 3.34. The zero-order chi connectivity index (χ0) is 24.7. The van der Waals surface area contributed by atoms with E-state index >= 15 is 0 Å². The SMILES string of the molecule is Cc1noc(C)c1-c1cc2ncc3c(c2cc1OCCCN)n(C(C)c1ccccn1)c(=O)n3C. The van der Waals surface area contributed by atoms with Gasteiger partial charge in [-0.25, -0.2) is 4.79 Å². The van der Waals surface area contributed by atoms with E-state index in [1.807, 2.05) is 51.1 Å². The minimum absolute atomic E-state index is 0.132. The molecule has 1 unspecified atom stereocenters. The molecule has 0 aliphatic carbocycles. The van der Waals surface area contributed by atoms with Crippen molar-refractivity contribution >= 4 is 21.9 Å². The van der Waals surface area contributed by atoms with Gasteiger partial charge in [0.2, 0.25) is 0 Å². The van der Waals surface area contributed by atoms with Crippen molar-refractivity contribution in [3.05, 3.63) is 70.4 Å². The molecule has 35 heavy (non-hydrogen) atoms. The molecule has 4 heterocycles. The standard InChI is InChI=1S/C26H28N6O3/c1-15-24(17(3)35-30-15)19-12-21-18(13-23(19)34-11-7-9-27)25-22(14-29-21)31(4)26(33)32(25)16(2)20-8-5-6-10-28-20/h5-6,8,10,12-14,16H,7,9,11,27H2,1-4H3. The van der Waals surface area contributed by atoms with Gasteiger partial charge in [0, 0.05) is 24.2 Å². The predicted molar refractivity (Wildman–Crippen MR) is 135 cm³/mol. The second-order valence-corrected chi connectivity index (χ2v) is 8.69. The van der Waals surface area contributed by atoms with Crippen molar-refractivity contribution in [1.29, 1.82) is 0 Å². The Kier molecular flexibility index (Phi) is 5.86. The van der Waals surface area contributed by atoms with E-state index in [4.69, 9.17) is 20.0 Å². The number of pyridine rings is 2. The van der Waals surface area contributed by atoms with Gasteiger partial charge in [-0.05, 0) is 58.0 Å². The fourth-order valence-corrected chi connectivity index (χ4v) is 4.62. The molecular formula is C26H28N6O3. The molecule has 0 amide bonds. The molecule has 0 bridgehead atoms. The first-order chi connectivity index (χ1) is 16.9. The van der Waals surface area contributed by atoms with E-state index < -0.39 is 0 Å². The van der Waals surface area contributed by atoms with Crippen molar-refractivity contribution in [2.45, 2.75) is 33.2 Å². The van der Waals surface area contributed by atoms with Crippen LogP contribution in [0.15, 0.2) is 52.0 Å². The second-order valence-electron chi connectivity index (χ2n) is 8.69. The molecular weight excluding hydrogens is 444 g/mol. The number of ether oxygens (including phenoxy) is 1. The Balaban J connectivity index is 1.81. The first kappa shape index (κ1) is 22.8. The lowest BCUT2D eigenvalue weighted by atomic mass is 10.00. The van der Waals surface area contributed by atoms with Crippen LogP contribution in [0, 0.1) is 13.8 Å². The van der Waals surface area contributed by atoms with E-state index in [0.29, 0.717) is 31.1 Å². The Labute approximate surface area is 202 Å². The smallest absolute Gasteiger partial charge is 0.329 e. The van der Waals surface area contributed by atoms with Crippen molar-refractivity contribution in [1.82, 2.24) is 24.3 Å². The zero-order valence-corrected chi connectivity index (χ0v) is 20.3. The topological polar surface area (TPSA) is 114 Å². The third kappa shape index (κ3) is 3.77. The average molecular weight is 473 g/mol. The van der Waals surface area contributed by atoms with Crippen molar-refractivity contribution in [2.24, 2.45) is 12.8 Å². The summed E-state index contributed by atoms with van der Waals surface area (Å²) in [5.41, 5.74) is 11.1. The van der Waals surface area contributed by atoms with Gasteiger partial charge in [0.25, 0.3) is 0 Å². The number of aryl methyl sites for hydroxylation is 3. The molecule has 0 aliphatic rings. The summed E-state index contributed by atoms with van der Waals surface area (Å²) >= 11 is 0. The Morgan fingerprint density at radius 1 is 1.20 bits per heavy atom. The maximum Gasteiger partial charge on any atom is 0.329 e. The van der Waals surface area contributed by atoms with Crippen molar-refractivity contribution in [2.75, 3.05) is 13.2 Å². The zero-order valence-electron chi connectivity index (χ0n) is 20.3. The molecule has 0 spiro atoms. The highest BCUT2D eigenvalue weighted by molar-refractivity contribution is 6.05. The molecule has 9 nitrogen and oxygen atoms in total. The van der Waals surface area contributed by atoms with Crippen LogP contribution in [-0.2, 0) is 7.05 Å². The van der Waals surface area contributed by atoms with E-state index in [-0.39, 0.29) is 11.7 Å². The minimum atomic E-state index is -0.276. The van der Waals surface area contributed by atoms with Crippen LogP contribution in [0.25, 0.3) is 33.1 Å². The summed E-state index contributed by atoms with van der Waals surface area (Å²) in [6.45, 7) is 6.75. The molecule has 0 radical (unpaired) electrons. The van der Waals surface area contributed by atoms with E-state index in [2.05, 4.69) is 10.1 Å². The van der Waals surface area contributed by atoms with Crippen LogP contribution in [-0.4, -0.2) is 37.4 Å². The number of aromatic nitrogens is 5. The third-order valence-corrected chi connectivity index (χ3v) is 6.43. The summed E-state index contributed by atoms with van der Waals surface area (Å²) in [5, 5.41) is 4.94. The highest BCUT2D eigenvalue weighted by Crippen LogP contribution is 2.39.